The molecule has 7 heteroatoms. The third kappa shape index (κ3) is 3.39. The van der Waals surface area contributed by atoms with Crippen molar-refractivity contribution < 1.29 is 14.3 Å². The molecule has 0 unspecified atom stereocenters. The molecule has 0 aromatic carbocycles. The van der Waals surface area contributed by atoms with Crippen molar-refractivity contribution in [3.63, 3.8) is 0 Å². The van der Waals surface area contributed by atoms with Crippen LogP contribution in [0.1, 0.15) is 0 Å². The molecule has 0 aromatic heterocycles. The topological polar surface area (TPSA) is 54.0 Å². The van der Waals surface area contributed by atoms with Crippen molar-refractivity contribution in [2.24, 2.45) is 0 Å². The number of nitrogens with zero attached hydrogens (tertiary/aromatic N) is 2. The smallest absolute Gasteiger partial charge is 0.278 e. The van der Waals surface area contributed by atoms with Gasteiger partial charge in [-0.3, -0.25) is 9.69 Å². The van der Waals surface area contributed by atoms with Crippen molar-refractivity contribution in [3.05, 3.63) is 11.9 Å². The molecular formula is C10H17N3O3S. The number of amides is 1. The molecule has 0 atom stereocenters. The molecule has 17 heavy (non-hydrogen) atoms. The quantitative estimate of drug-likeness (QED) is 0.416. The summed E-state index contributed by atoms with van der Waals surface area (Å²) in [5.74, 6) is -0.178. The first-order valence-corrected chi connectivity index (χ1v) is 5.47. The largest absolute Gasteiger partial charge is 0.382 e. The van der Waals surface area contributed by atoms with Crippen LogP contribution in [0.15, 0.2) is 11.9 Å². The second kappa shape index (κ2) is 5.95. The van der Waals surface area contributed by atoms with Crippen LogP contribution in [0, 0.1) is 0 Å². The number of carbonyl (C=O) groups is 1. The minimum absolute atomic E-state index is 0.178. The number of methoxy groups -OCH3 is 2. The average molecular weight is 259 g/mol. The van der Waals surface area contributed by atoms with Crippen molar-refractivity contribution >= 4 is 23.2 Å². The normalized spacial score (nSPS) is 18.2. The Morgan fingerprint density at radius 2 is 2.06 bits per heavy atom. The molecule has 0 radical (unpaired) electrons. The van der Waals surface area contributed by atoms with E-state index in [1.807, 2.05) is 14.1 Å². The van der Waals surface area contributed by atoms with Gasteiger partial charge in [0, 0.05) is 34.5 Å². The molecule has 1 rings (SSSR count). The number of nitrogens with one attached hydrogen (secondary N) is 1. The van der Waals surface area contributed by atoms with Gasteiger partial charge in [0.1, 0.15) is 5.70 Å². The Morgan fingerprint density at radius 1 is 1.47 bits per heavy atom. The summed E-state index contributed by atoms with van der Waals surface area (Å²) in [6, 6.07) is 0. The molecule has 1 heterocycles. The predicted octanol–water partition coefficient (Wildman–Crippen LogP) is -0.275. The number of hydrogen-bond acceptors (Lipinski definition) is 5. The monoisotopic (exact) mass is 259 g/mol. The Balaban J connectivity index is 2.75. The van der Waals surface area contributed by atoms with Crippen molar-refractivity contribution in [2.75, 3.05) is 34.9 Å². The summed E-state index contributed by atoms with van der Waals surface area (Å²) < 4.78 is 10.1. The third-order valence-corrected chi connectivity index (χ3v) is 2.53. The maximum atomic E-state index is 12.0. The van der Waals surface area contributed by atoms with Gasteiger partial charge in [-0.05, 0) is 12.2 Å². The fourth-order valence-corrected chi connectivity index (χ4v) is 1.65. The van der Waals surface area contributed by atoms with Gasteiger partial charge in [-0.15, -0.1) is 0 Å². The number of thiocarbonyl (C=S) groups is 1. The second-order valence-electron chi connectivity index (χ2n) is 3.75. The van der Waals surface area contributed by atoms with Crippen molar-refractivity contribution in [3.8, 4) is 0 Å². The number of carbonyl (C=O) groups excluding carboxylic acids is 1. The molecule has 1 aliphatic rings. The highest BCUT2D eigenvalue weighted by Crippen LogP contribution is 2.11. The van der Waals surface area contributed by atoms with E-state index in [4.69, 9.17) is 21.7 Å². The molecule has 96 valence electrons. The third-order valence-electron chi connectivity index (χ3n) is 2.21. The van der Waals surface area contributed by atoms with E-state index in [9.17, 15) is 4.79 Å². The summed E-state index contributed by atoms with van der Waals surface area (Å²) in [5.41, 5.74) is 0.450. The summed E-state index contributed by atoms with van der Waals surface area (Å²) in [6.45, 7) is 0.266. The van der Waals surface area contributed by atoms with E-state index >= 15 is 0 Å². The summed E-state index contributed by atoms with van der Waals surface area (Å²) in [5, 5.41) is 3.22. The van der Waals surface area contributed by atoms with Crippen LogP contribution in [-0.2, 0) is 14.3 Å². The fraction of sp³-hybridized carbons (Fsp3) is 0.600. The van der Waals surface area contributed by atoms with E-state index in [0.29, 0.717) is 10.8 Å². The molecule has 1 saturated heterocycles. The van der Waals surface area contributed by atoms with Gasteiger partial charge in [0.2, 0.25) is 0 Å². The van der Waals surface area contributed by atoms with Crippen LogP contribution in [-0.4, -0.2) is 62.0 Å². The lowest BCUT2D eigenvalue weighted by Crippen LogP contribution is -2.38. The van der Waals surface area contributed by atoms with Crippen molar-refractivity contribution in [2.45, 2.75) is 6.29 Å². The fourth-order valence-electron chi connectivity index (χ4n) is 1.38. The van der Waals surface area contributed by atoms with Gasteiger partial charge >= 0.3 is 0 Å². The Bertz CT molecular complexity index is 340. The van der Waals surface area contributed by atoms with E-state index < -0.39 is 6.29 Å². The highest BCUT2D eigenvalue weighted by atomic mass is 32.1. The molecule has 0 aliphatic carbocycles. The molecule has 1 aliphatic heterocycles. The van der Waals surface area contributed by atoms with Gasteiger partial charge in [0.05, 0.1) is 6.54 Å². The number of rotatable bonds is 5. The highest BCUT2D eigenvalue weighted by molar-refractivity contribution is 7.80. The lowest BCUT2D eigenvalue weighted by atomic mass is 10.4. The molecule has 1 N–H and O–H groups in total. The molecule has 1 fully saturated rings. The van der Waals surface area contributed by atoms with E-state index in [-0.39, 0.29) is 12.5 Å². The van der Waals surface area contributed by atoms with E-state index in [1.54, 1.807) is 11.1 Å². The van der Waals surface area contributed by atoms with Gasteiger partial charge in [0.15, 0.2) is 11.4 Å². The predicted molar refractivity (Wildman–Crippen MR) is 67.0 cm³/mol. The van der Waals surface area contributed by atoms with Gasteiger partial charge in [-0.1, -0.05) is 0 Å². The Kier molecular flexibility index (Phi) is 4.86. The number of ether oxygens (including phenoxy) is 2. The summed E-state index contributed by atoms with van der Waals surface area (Å²) >= 11 is 5.09. The summed E-state index contributed by atoms with van der Waals surface area (Å²) in [7, 11) is 6.70. The average Bonchev–Trinajstić information content (AvgIpc) is 2.51. The first kappa shape index (κ1) is 13.9. The van der Waals surface area contributed by atoms with E-state index in [2.05, 4.69) is 5.32 Å². The minimum atomic E-state index is -0.489. The zero-order valence-corrected chi connectivity index (χ0v) is 11.2. The summed E-state index contributed by atoms with van der Waals surface area (Å²) in [6.07, 6.45) is 1.20. The van der Waals surface area contributed by atoms with Crippen molar-refractivity contribution in [1.82, 2.24) is 15.1 Å². The molecule has 0 saturated carbocycles. The van der Waals surface area contributed by atoms with Gasteiger partial charge < -0.3 is 19.7 Å². The Labute approximate surface area is 106 Å². The maximum absolute atomic E-state index is 12.0. The van der Waals surface area contributed by atoms with Gasteiger partial charge in [-0.25, -0.2) is 0 Å². The molecular weight excluding hydrogens is 242 g/mol. The van der Waals surface area contributed by atoms with Crippen LogP contribution >= 0.6 is 12.2 Å². The first-order valence-electron chi connectivity index (χ1n) is 5.06. The standard InChI is InChI=1S/C10H17N3O3S/c1-12(2)5-7-9(14)13(10(17)11-7)6-8(15-3)16-4/h5,8H,6H2,1-4H3,(H,11,17)/b7-5-. The van der Waals surface area contributed by atoms with Crippen LogP contribution in [0.2, 0.25) is 0 Å². The maximum Gasteiger partial charge on any atom is 0.278 e. The lowest BCUT2D eigenvalue weighted by molar-refractivity contribution is -0.134. The molecule has 6 nitrogen and oxygen atoms in total. The zero-order chi connectivity index (χ0) is 13.0. The van der Waals surface area contributed by atoms with Crippen LogP contribution < -0.4 is 5.32 Å². The second-order valence-corrected chi connectivity index (χ2v) is 4.14. The van der Waals surface area contributed by atoms with Gasteiger partial charge in [0.25, 0.3) is 5.91 Å². The molecule has 0 aromatic rings. The molecule has 0 spiro atoms. The van der Waals surface area contributed by atoms with E-state index in [1.165, 1.54) is 19.1 Å². The van der Waals surface area contributed by atoms with Crippen LogP contribution in [0.25, 0.3) is 0 Å². The lowest BCUT2D eigenvalue weighted by Gasteiger charge is -2.20. The molecule has 0 bridgehead atoms. The van der Waals surface area contributed by atoms with Crippen LogP contribution in [0.4, 0.5) is 0 Å². The molecule has 1 amide bonds. The zero-order valence-electron chi connectivity index (χ0n) is 10.4. The van der Waals surface area contributed by atoms with Crippen molar-refractivity contribution in [1.29, 1.82) is 0 Å². The first-order chi connectivity index (χ1) is 7.99. The van der Waals surface area contributed by atoms with Gasteiger partial charge in [-0.2, -0.15) is 0 Å². The highest BCUT2D eigenvalue weighted by Gasteiger charge is 2.32. The minimum Gasteiger partial charge on any atom is -0.382 e. The summed E-state index contributed by atoms with van der Waals surface area (Å²) in [4.78, 5) is 15.2. The Hall–Kier alpha value is -1.18. The van der Waals surface area contributed by atoms with E-state index in [0.717, 1.165) is 0 Å². The number of hydrogen-bond donors (Lipinski definition) is 1. The Morgan fingerprint density at radius 3 is 2.53 bits per heavy atom. The van der Waals surface area contributed by atoms with Crippen LogP contribution in [0.5, 0.6) is 0 Å². The van der Waals surface area contributed by atoms with Crippen LogP contribution in [0.3, 0.4) is 0 Å². The SMILES string of the molecule is COC(CN1C(=O)/C(=C/N(C)C)NC1=S)OC.